The molecule has 0 radical (unpaired) electrons. The summed E-state index contributed by atoms with van der Waals surface area (Å²) < 4.78 is 6.63. The van der Waals surface area contributed by atoms with Crippen LogP contribution in [-0.4, -0.2) is 31.3 Å². The van der Waals surface area contributed by atoms with Crippen LogP contribution in [-0.2, 0) is 4.74 Å². The third-order valence-electron chi connectivity index (χ3n) is 2.60. The van der Waals surface area contributed by atoms with Crippen molar-refractivity contribution in [1.29, 1.82) is 0 Å². The Bertz CT molecular complexity index is 326. The van der Waals surface area contributed by atoms with Crippen LogP contribution in [0.2, 0.25) is 0 Å². The number of hydrogen-bond donors (Lipinski definition) is 0. The van der Waals surface area contributed by atoms with Gasteiger partial charge in [-0.15, -0.1) is 0 Å². The first-order chi connectivity index (χ1) is 7.27. The van der Waals surface area contributed by atoms with Crippen molar-refractivity contribution in [2.75, 3.05) is 25.1 Å². The van der Waals surface area contributed by atoms with Crippen LogP contribution in [0, 0.1) is 0 Å². The van der Waals surface area contributed by atoms with Crippen molar-refractivity contribution in [3.05, 3.63) is 22.8 Å². The Morgan fingerprint density at radius 1 is 1.67 bits per heavy atom. The zero-order valence-electron chi connectivity index (χ0n) is 8.82. The van der Waals surface area contributed by atoms with E-state index in [1.807, 2.05) is 18.3 Å². The molecule has 1 aromatic heterocycles. The van der Waals surface area contributed by atoms with Crippen LogP contribution >= 0.6 is 15.9 Å². The molecule has 3 nitrogen and oxygen atoms in total. The normalized spacial score (nSPS) is 20.5. The van der Waals surface area contributed by atoms with Gasteiger partial charge in [-0.05, 0) is 40.9 Å². The van der Waals surface area contributed by atoms with Crippen LogP contribution in [0.3, 0.4) is 0 Å². The van der Waals surface area contributed by atoms with Crippen LogP contribution in [0.25, 0.3) is 0 Å². The predicted molar refractivity (Wildman–Crippen MR) is 64.2 cm³/mol. The zero-order chi connectivity index (χ0) is 10.7. The maximum absolute atomic E-state index is 5.60. The molecule has 1 aliphatic rings. The summed E-state index contributed by atoms with van der Waals surface area (Å²) in [6.07, 6.45) is 4.52. The van der Waals surface area contributed by atoms with Crippen molar-refractivity contribution >= 4 is 21.7 Å². The average molecular weight is 271 g/mol. The van der Waals surface area contributed by atoms with Crippen molar-refractivity contribution in [3.63, 3.8) is 0 Å². The topological polar surface area (TPSA) is 25.4 Å². The Morgan fingerprint density at radius 2 is 2.53 bits per heavy atom. The van der Waals surface area contributed by atoms with E-state index in [4.69, 9.17) is 4.74 Å². The number of pyridine rings is 1. The summed E-state index contributed by atoms with van der Waals surface area (Å²) in [4.78, 5) is 6.48. The molecule has 1 unspecified atom stereocenters. The average Bonchev–Trinajstić information content (AvgIpc) is 2.71. The van der Waals surface area contributed by atoms with E-state index in [0.29, 0.717) is 6.10 Å². The standard InChI is InChI=1S/C11H15BrN2O/c1-14(8-9-4-3-7-15-9)11-10(12)5-2-6-13-11/h2,5-6,9H,3-4,7-8H2,1H3. The Kier molecular flexibility index (Phi) is 3.59. The van der Waals surface area contributed by atoms with E-state index in [2.05, 4.69) is 32.9 Å². The molecule has 1 saturated heterocycles. The van der Waals surface area contributed by atoms with Crippen molar-refractivity contribution in [2.24, 2.45) is 0 Å². The number of rotatable bonds is 3. The van der Waals surface area contributed by atoms with E-state index < -0.39 is 0 Å². The first kappa shape index (κ1) is 10.9. The minimum absolute atomic E-state index is 0.365. The number of likely N-dealkylation sites (N-methyl/N-ethyl adjacent to an activating group) is 1. The molecular weight excluding hydrogens is 256 g/mol. The summed E-state index contributed by atoms with van der Waals surface area (Å²) in [6, 6.07) is 3.93. The summed E-state index contributed by atoms with van der Waals surface area (Å²) in [5.74, 6) is 0.980. The fourth-order valence-electron chi connectivity index (χ4n) is 1.84. The van der Waals surface area contributed by atoms with E-state index in [-0.39, 0.29) is 0 Å². The third-order valence-corrected chi connectivity index (χ3v) is 3.22. The van der Waals surface area contributed by atoms with Gasteiger partial charge in [0, 0.05) is 26.4 Å². The monoisotopic (exact) mass is 270 g/mol. The van der Waals surface area contributed by atoms with Gasteiger partial charge in [0.2, 0.25) is 0 Å². The zero-order valence-corrected chi connectivity index (χ0v) is 10.4. The number of ether oxygens (including phenoxy) is 1. The van der Waals surface area contributed by atoms with Gasteiger partial charge in [-0.25, -0.2) is 4.98 Å². The predicted octanol–water partition coefficient (Wildman–Crippen LogP) is 2.46. The molecule has 0 amide bonds. The van der Waals surface area contributed by atoms with E-state index >= 15 is 0 Å². The summed E-state index contributed by atoms with van der Waals surface area (Å²) in [7, 11) is 2.05. The fraction of sp³-hybridized carbons (Fsp3) is 0.545. The number of halogens is 1. The highest BCUT2D eigenvalue weighted by Crippen LogP contribution is 2.23. The minimum Gasteiger partial charge on any atom is -0.376 e. The van der Waals surface area contributed by atoms with Crippen LogP contribution in [0.15, 0.2) is 22.8 Å². The SMILES string of the molecule is CN(CC1CCCO1)c1ncccc1Br. The molecule has 0 aliphatic carbocycles. The second kappa shape index (κ2) is 4.94. The number of aromatic nitrogens is 1. The molecule has 0 bridgehead atoms. The van der Waals surface area contributed by atoms with Gasteiger partial charge < -0.3 is 9.64 Å². The minimum atomic E-state index is 0.365. The maximum atomic E-state index is 5.60. The summed E-state index contributed by atoms with van der Waals surface area (Å²) >= 11 is 3.50. The molecule has 1 aliphatic heterocycles. The highest BCUT2D eigenvalue weighted by atomic mass is 79.9. The van der Waals surface area contributed by atoms with Crippen molar-refractivity contribution in [2.45, 2.75) is 18.9 Å². The molecule has 4 heteroatoms. The van der Waals surface area contributed by atoms with E-state index in [9.17, 15) is 0 Å². The summed E-state index contributed by atoms with van der Waals surface area (Å²) in [5, 5.41) is 0. The van der Waals surface area contributed by atoms with Gasteiger partial charge in [0.05, 0.1) is 10.6 Å². The van der Waals surface area contributed by atoms with Gasteiger partial charge in [0.25, 0.3) is 0 Å². The van der Waals surface area contributed by atoms with Crippen LogP contribution in [0.4, 0.5) is 5.82 Å². The fourth-order valence-corrected chi connectivity index (χ4v) is 2.40. The van der Waals surface area contributed by atoms with Crippen LogP contribution in [0.5, 0.6) is 0 Å². The second-order valence-corrected chi connectivity index (χ2v) is 4.68. The van der Waals surface area contributed by atoms with E-state index in [1.165, 1.54) is 6.42 Å². The molecule has 1 atom stereocenters. The van der Waals surface area contributed by atoms with Crippen LogP contribution in [0.1, 0.15) is 12.8 Å². The van der Waals surface area contributed by atoms with Crippen LogP contribution < -0.4 is 4.90 Å². The maximum Gasteiger partial charge on any atom is 0.142 e. The Balaban J connectivity index is 2.00. The highest BCUT2D eigenvalue weighted by Gasteiger charge is 2.18. The lowest BCUT2D eigenvalue weighted by atomic mass is 10.2. The number of hydrogen-bond acceptors (Lipinski definition) is 3. The largest absolute Gasteiger partial charge is 0.376 e. The lowest BCUT2D eigenvalue weighted by Crippen LogP contribution is -2.29. The molecular formula is C11H15BrN2O. The molecule has 0 N–H and O–H groups in total. The van der Waals surface area contributed by atoms with Gasteiger partial charge >= 0.3 is 0 Å². The molecule has 2 heterocycles. The molecule has 2 rings (SSSR count). The van der Waals surface area contributed by atoms with Gasteiger partial charge in [0.15, 0.2) is 0 Å². The third kappa shape index (κ3) is 2.69. The van der Waals surface area contributed by atoms with Gasteiger partial charge in [0.1, 0.15) is 5.82 Å². The lowest BCUT2D eigenvalue weighted by Gasteiger charge is -2.22. The first-order valence-electron chi connectivity index (χ1n) is 5.20. The molecule has 0 spiro atoms. The van der Waals surface area contributed by atoms with Crippen molar-refractivity contribution in [1.82, 2.24) is 4.98 Å². The molecule has 0 saturated carbocycles. The molecule has 1 aromatic rings. The first-order valence-corrected chi connectivity index (χ1v) is 6.00. The van der Waals surface area contributed by atoms with Gasteiger partial charge in [-0.3, -0.25) is 0 Å². The van der Waals surface area contributed by atoms with Crippen molar-refractivity contribution < 1.29 is 4.74 Å². The molecule has 82 valence electrons. The molecule has 1 fully saturated rings. The number of nitrogens with zero attached hydrogens (tertiary/aromatic N) is 2. The Morgan fingerprint density at radius 3 is 3.20 bits per heavy atom. The quantitative estimate of drug-likeness (QED) is 0.844. The second-order valence-electron chi connectivity index (χ2n) is 3.82. The highest BCUT2D eigenvalue weighted by molar-refractivity contribution is 9.10. The van der Waals surface area contributed by atoms with Crippen molar-refractivity contribution in [3.8, 4) is 0 Å². The Labute approximate surface area is 98.6 Å². The van der Waals surface area contributed by atoms with E-state index in [1.54, 1.807) is 0 Å². The Hall–Kier alpha value is -0.610. The van der Waals surface area contributed by atoms with E-state index in [0.717, 1.165) is 29.9 Å². The molecule has 15 heavy (non-hydrogen) atoms. The number of anilines is 1. The molecule has 0 aromatic carbocycles. The smallest absolute Gasteiger partial charge is 0.142 e. The van der Waals surface area contributed by atoms with Gasteiger partial charge in [-0.2, -0.15) is 0 Å². The lowest BCUT2D eigenvalue weighted by molar-refractivity contribution is 0.116. The summed E-state index contributed by atoms with van der Waals surface area (Å²) in [5.41, 5.74) is 0. The van der Waals surface area contributed by atoms with Gasteiger partial charge in [-0.1, -0.05) is 0 Å². The summed E-state index contributed by atoms with van der Waals surface area (Å²) in [6.45, 7) is 1.82.